The average molecular weight is 417 g/mol. The lowest BCUT2D eigenvalue weighted by Gasteiger charge is -2.61. The molecule has 29 heavy (non-hydrogen) atoms. The van der Waals surface area contributed by atoms with E-state index in [9.17, 15) is 14.4 Å². The normalized spacial score (nSPS) is 48.6. The molecule has 0 aromatic rings. The highest BCUT2D eigenvalue weighted by Crippen LogP contribution is 2.70. The van der Waals surface area contributed by atoms with E-state index in [4.69, 9.17) is 4.74 Å². The van der Waals surface area contributed by atoms with Gasteiger partial charge >= 0.3 is 5.97 Å². The molecule has 1 aliphatic heterocycles. The molecule has 0 aromatic heterocycles. The predicted molar refractivity (Wildman–Crippen MR) is 112 cm³/mol. The summed E-state index contributed by atoms with van der Waals surface area (Å²) in [6.45, 7) is 6.42. The Bertz CT molecular complexity index is 818. The predicted octanol–water partition coefficient (Wildman–Crippen LogP) is 4.85. The van der Waals surface area contributed by atoms with Crippen LogP contribution in [0.4, 0.5) is 0 Å². The zero-order chi connectivity index (χ0) is 20.6. The first-order valence-corrected chi connectivity index (χ1v) is 12.2. The van der Waals surface area contributed by atoms with Crippen LogP contribution in [-0.4, -0.2) is 27.7 Å². The van der Waals surface area contributed by atoms with Crippen LogP contribution in [-0.2, 0) is 19.1 Å². The smallest absolute Gasteiger partial charge is 0.306 e. The van der Waals surface area contributed by atoms with Crippen LogP contribution in [0.25, 0.3) is 0 Å². The largest absolute Gasteiger partial charge is 0.458 e. The van der Waals surface area contributed by atoms with Gasteiger partial charge in [0.05, 0.1) is 0 Å². The first kappa shape index (κ1) is 19.8. The number of rotatable bonds is 1. The van der Waals surface area contributed by atoms with Crippen molar-refractivity contribution in [2.75, 3.05) is 0 Å². The minimum absolute atomic E-state index is 0.0119. The Morgan fingerprint density at radius 3 is 2.52 bits per heavy atom. The second-order valence-corrected chi connectivity index (χ2v) is 12.1. The van der Waals surface area contributed by atoms with E-state index in [0.29, 0.717) is 30.6 Å². The number of ketones is 1. The summed E-state index contributed by atoms with van der Waals surface area (Å²) in [5.74, 6) is 1.67. The van der Waals surface area contributed by atoms with Gasteiger partial charge in [0.15, 0.2) is 10.9 Å². The van der Waals surface area contributed by atoms with Crippen LogP contribution in [0.5, 0.6) is 0 Å². The minimum atomic E-state index is -0.287. The lowest BCUT2D eigenvalue weighted by molar-refractivity contribution is -0.167. The van der Waals surface area contributed by atoms with Gasteiger partial charge < -0.3 is 4.74 Å². The fourth-order valence-electron chi connectivity index (χ4n) is 8.13. The molecule has 2 unspecified atom stereocenters. The van der Waals surface area contributed by atoms with Gasteiger partial charge in [-0.1, -0.05) is 31.2 Å². The molecular formula is C24H32O4S. The third kappa shape index (κ3) is 2.68. The number of ether oxygens (including phenoxy) is 1. The molecule has 158 valence electrons. The number of hydrogen-bond acceptors (Lipinski definition) is 5. The maximum Gasteiger partial charge on any atom is 0.306 e. The van der Waals surface area contributed by atoms with Crippen LogP contribution in [0.3, 0.4) is 0 Å². The second-order valence-electron chi connectivity index (χ2n) is 10.7. The fourth-order valence-corrected chi connectivity index (χ4v) is 9.36. The summed E-state index contributed by atoms with van der Waals surface area (Å²) in [4.78, 5) is 36.4. The molecule has 1 saturated heterocycles. The third-order valence-electron chi connectivity index (χ3n) is 9.61. The highest BCUT2D eigenvalue weighted by Gasteiger charge is 2.68. The molecule has 0 bridgehead atoms. The molecule has 3 saturated carbocycles. The maximum absolute atomic E-state index is 12.2. The monoisotopic (exact) mass is 416 g/mol. The molecule has 1 spiro atoms. The molecule has 0 aromatic carbocycles. The van der Waals surface area contributed by atoms with Gasteiger partial charge in [-0.05, 0) is 74.2 Å². The van der Waals surface area contributed by atoms with Crippen molar-refractivity contribution in [2.45, 2.75) is 89.4 Å². The van der Waals surface area contributed by atoms with Crippen LogP contribution in [0.15, 0.2) is 11.6 Å². The van der Waals surface area contributed by atoms with E-state index >= 15 is 0 Å². The summed E-state index contributed by atoms with van der Waals surface area (Å²) in [5, 5.41) is 0.409. The lowest BCUT2D eigenvalue weighted by Crippen LogP contribution is -2.57. The summed E-state index contributed by atoms with van der Waals surface area (Å²) < 4.78 is 6.06. The van der Waals surface area contributed by atoms with E-state index in [0.717, 1.165) is 44.9 Å². The third-order valence-corrected chi connectivity index (χ3v) is 10.7. The number of fused-ring (bicyclic) bond motifs is 6. The fraction of sp³-hybridized carbons (Fsp3) is 0.792. The molecular weight excluding hydrogens is 384 g/mol. The van der Waals surface area contributed by atoms with Crippen molar-refractivity contribution in [3.05, 3.63) is 11.6 Å². The SMILES string of the molecule is CC(=O)S[C@@H]1CC2=CC(=O)CC[C@]2(C)C2CC[C@@]3(C)C(CC[C@@]34CCC(=O)O4)[C@@H]21. The van der Waals surface area contributed by atoms with Crippen LogP contribution in [0.2, 0.25) is 0 Å². The van der Waals surface area contributed by atoms with Crippen LogP contribution < -0.4 is 0 Å². The molecule has 5 aliphatic rings. The lowest BCUT2D eigenvalue weighted by atomic mass is 9.46. The molecule has 5 heteroatoms. The van der Waals surface area contributed by atoms with Gasteiger partial charge in [-0.15, -0.1) is 0 Å². The number of hydrogen-bond donors (Lipinski definition) is 0. The molecule has 4 nitrogen and oxygen atoms in total. The first-order valence-electron chi connectivity index (χ1n) is 11.3. The van der Waals surface area contributed by atoms with Crippen LogP contribution in [0, 0.1) is 28.6 Å². The van der Waals surface area contributed by atoms with Gasteiger partial charge in [-0.25, -0.2) is 0 Å². The Morgan fingerprint density at radius 1 is 1.07 bits per heavy atom. The summed E-state index contributed by atoms with van der Waals surface area (Å²) in [7, 11) is 0. The Morgan fingerprint density at radius 2 is 1.83 bits per heavy atom. The molecule has 7 atom stereocenters. The van der Waals surface area contributed by atoms with Crippen molar-refractivity contribution in [2.24, 2.45) is 28.6 Å². The number of carbonyl (C=O) groups is 3. The Hall–Kier alpha value is -1.10. The van der Waals surface area contributed by atoms with E-state index in [1.165, 1.54) is 17.3 Å². The highest BCUT2D eigenvalue weighted by atomic mass is 32.2. The Kier molecular flexibility index (Phi) is 4.41. The molecule has 5 rings (SSSR count). The van der Waals surface area contributed by atoms with E-state index < -0.39 is 0 Å². The van der Waals surface area contributed by atoms with E-state index in [1.807, 2.05) is 6.08 Å². The maximum atomic E-state index is 12.2. The molecule has 0 N–H and O–H groups in total. The van der Waals surface area contributed by atoms with Crippen molar-refractivity contribution >= 4 is 28.6 Å². The number of carbonyl (C=O) groups excluding carboxylic acids is 3. The van der Waals surface area contributed by atoms with Gasteiger partial charge in [0.2, 0.25) is 0 Å². The molecule has 0 amide bonds. The van der Waals surface area contributed by atoms with Crippen molar-refractivity contribution in [1.29, 1.82) is 0 Å². The zero-order valence-corrected chi connectivity index (χ0v) is 18.6. The zero-order valence-electron chi connectivity index (χ0n) is 17.8. The number of esters is 1. The summed E-state index contributed by atoms with van der Waals surface area (Å²) in [5.41, 5.74) is 1.09. The van der Waals surface area contributed by atoms with E-state index in [1.54, 1.807) is 6.92 Å². The Balaban J connectivity index is 1.56. The standard InChI is InChI=1S/C24H32O4S/c1-14(25)29-19-13-15-12-16(26)4-8-22(15,2)17-5-9-23(3)18(21(17)19)6-10-24(23)11-7-20(27)28-24/h12,17-19,21H,4-11,13H2,1-3H3/t17?,18?,19-,21-,22+,23+,24-/m1/s1. The summed E-state index contributed by atoms with van der Waals surface area (Å²) in [6, 6.07) is 0. The molecule has 1 heterocycles. The van der Waals surface area contributed by atoms with Gasteiger partial charge in [-0.3, -0.25) is 14.4 Å². The van der Waals surface area contributed by atoms with E-state index in [-0.39, 0.29) is 38.5 Å². The van der Waals surface area contributed by atoms with Gasteiger partial charge in [0, 0.05) is 30.4 Å². The second kappa shape index (κ2) is 6.45. The van der Waals surface area contributed by atoms with Crippen molar-refractivity contribution in [3.63, 3.8) is 0 Å². The Labute approximate surface area is 177 Å². The van der Waals surface area contributed by atoms with Crippen LogP contribution in [0.1, 0.15) is 78.6 Å². The van der Waals surface area contributed by atoms with Crippen molar-refractivity contribution in [1.82, 2.24) is 0 Å². The van der Waals surface area contributed by atoms with Crippen molar-refractivity contribution in [3.8, 4) is 0 Å². The number of thioether (sulfide) groups is 1. The highest BCUT2D eigenvalue weighted by molar-refractivity contribution is 8.14. The average Bonchev–Trinajstić information content (AvgIpc) is 3.17. The molecule has 4 fully saturated rings. The molecule has 0 radical (unpaired) electrons. The molecule has 4 aliphatic carbocycles. The number of allylic oxidation sites excluding steroid dienone is 1. The topological polar surface area (TPSA) is 60.4 Å². The van der Waals surface area contributed by atoms with Gasteiger partial charge in [0.25, 0.3) is 0 Å². The van der Waals surface area contributed by atoms with Gasteiger partial charge in [-0.2, -0.15) is 0 Å². The summed E-state index contributed by atoms with van der Waals surface area (Å²) >= 11 is 1.50. The first-order chi connectivity index (χ1) is 13.7. The quantitative estimate of drug-likeness (QED) is 0.572. The summed E-state index contributed by atoms with van der Waals surface area (Å²) in [6.07, 6.45) is 10.0. The van der Waals surface area contributed by atoms with Gasteiger partial charge in [0.1, 0.15) is 5.60 Å². The van der Waals surface area contributed by atoms with Crippen molar-refractivity contribution < 1.29 is 19.1 Å². The van der Waals surface area contributed by atoms with Crippen LogP contribution >= 0.6 is 11.8 Å². The minimum Gasteiger partial charge on any atom is -0.458 e. The van der Waals surface area contributed by atoms with E-state index in [2.05, 4.69) is 13.8 Å².